The van der Waals surface area contributed by atoms with Gasteiger partial charge in [-0.1, -0.05) is 5.21 Å². The molecule has 0 radical (unpaired) electrons. The van der Waals surface area contributed by atoms with Gasteiger partial charge in [-0.25, -0.2) is 4.68 Å². The van der Waals surface area contributed by atoms with E-state index in [0.29, 0.717) is 25.3 Å². The van der Waals surface area contributed by atoms with Gasteiger partial charge >= 0.3 is 5.97 Å². The number of nitrogens with one attached hydrogen (secondary N) is 2. The van der Waals surface area contributed by atoms with Crippen LogP contribution in [0.4, 0.5) is 0 Å². The van der Waals surface area contributed by atoms with Crippen LogP contribution >= 0.6 is 0 Å². The summed E-state index contributed by atoms with van der Waals surface area (Å²) in [6.07, 6.45) is 1.83. The molecule has 1 saturated heterocycles. The van der Waals surface area contributed by atoms with Crippen LogP contribution in [0.5, 0.6) is 0 Å². The first-order valence-electron chi connectivity index (χ1n) is 6.32. The number of rotatable bonds is 6. The van der Waals surface area contributed by atoms with Gasteiger partial charge in [-0.05, 0) is 0 Å². The first-order valence-corrected chi connectivity index (χ1v) is 6.32. The number of morpholine rings is 1. The van der Waals surface area contributed by atoms with Crippen LogP contribution in [0, 0.1) is 0 Å². The fourth-order valence-corrected chi connectivity index (χ4v) is 1.87. The monoisotopic (exact) mass is 283 g/mol. The van der Waals surface area contributed by atoms with Crippen molar-refractivity contribution in [3.63, 3.8) is 0 Å². The van der Waals surface area contributed by atoms with Gasteiger partial charge in [0.25, 0.3) is 0 Å². The second-order valence-corrected chi connectivity index (χ2v) is 4.51. The lowest BCUT2D eigenvalue weighted by Crippen LogP contribution is -2.44. The number of carbonyl (C=O) groups excluding carboxylic acids is 1. The van der Waals surface area contributed by atoms with Gasteiger partial charge in [0.1, 0.15) is 12.2 Å². The Morgan fingerprint density at radius 2 is 2.45 bits per heavy atom. The maximum absolute atomic E-state index is 11.7. The van der Waals surface area contributed by atoms with E-state index in [1.807, 2.05) is 0 Å². The van der Waals surface area contributed by atoms with Crippen LogP contribution in [0.2, 0.25) is 0 Å². The van der Waals surface area contributed by atoms with Gasteiger partial charge in [0, 0.05) is 19.0 Å². The van der Waals surface area contributed by atoms with Crippen molar-refractivity contribution in [3.8, 4) is 0 Å². The minimum atomic E-state index is -0.992. The highest BCUT2D eigenvalue weighted by molar-refractivity contribution is 5.76. The normalized spacial score (nSPS) is 18.7. The molecular weight excluding hydrogens is 266 g/mol. The third-order valence-corrected chi connectivity index (χ3v) is 2.78. The van der Waals surface area contributed by atoms with Crippen LogP contribution in [-0.4, -0.2) is 57.8 Å². The fraction of sp³-hybridized carbons (Fsp3) is 0.636. The van der Waals surface area contributed by atoms with E-state index in [-0.39, 0.29) is 25.0 Å². The van der Waals surface area contributed by atoms with Crippen molar-refractivity contribution < 1.29 is 19.4 Å². The number of nitrogens with zero attached hydrogens (tertiary/aromatic N) is 3. The molecule has 1 amide bonds. The lowest BCUT2D eigenvalue weighted by molar-refractivity contribution is -0.138. The number of carboxylic acid groups (broad SMARTS) is 1. The van der Waals surface area contributed by atoms with E-state index in [1.54, 1.807) is 0 Å². The molecule has 1 aromatic heterocycles. The average Bonchev–Trinajstić information content (AvgIpc) is 2.84. The minimum Gasteiger partial charge on any atom is -0.480 e. The molecule has 0 spiro atoms. The van der Waals surface area contributed by atoms with Crippen molar-refractivity contribution >= 4 is 11.9 Å². The zero-order chi connectivity index (χ0) is 14.4. The van der Waals surface area contributed by atoms with E-state index in [0.717, 1.165) is 6.54 Å². The van der Waals surface area contributed by atoms with Gasteiger partial charge in [-0.15, -0.1) is 5.10 Å². The molecular formula is C11H17N5O4. The highest BCUT2D eigenvalue weighted by Gasteiger charge is 2.16. The molecule has 0 aliphatic carbocycles. The molecule has 3 N–H and O–H groups in total. The first kappa shape index (κ1) is 14.4. The molecule has 1 aromatic rings. The molecule has 20 heavy (non-hydrogen) atoms. The van der Waals surface area contributed by atoms with E-state index in [9.17, 15) is 9.59 Å². The molecule has 0 saturated carbocycles. The number of hydrogen-bond donors (Lipinski definition) is 3. The number of hydrogen-bond acceptors (Lipinski definition) is 6. The van der Waals surface area contributed by atoms with Crippen molar-refractivity contribution in [2.24, 2.45) is 0 Å². The number of aliphatic carboxylic acids is 1. The SMILES string of the molecule is O=C(O)Cn1cc(CNC(=O)CC2COCCN2)nn1. The van der Waals surface area contributed by atoms with Crippen molar-refractivity contribution in [1.82, 2.24) is 25.6 Å². The smallest absolute Gasteiger partial charge is 0.325 e. The van der Waals surface area contributed by atoms with Crippen LogP contribution in [0.15, 0.2) is 6.20 Å². The summed E-state index contributed by atoms with van der Waals surface area (Å²) in [7, 11) is 0. The topological polar surface area (TPSA) is 118 Å². The van der Waals surface area contributed by atoms with Gasteiger partial charge in [-0.3, -0.25) is 9.59 Å². The van der Waals surface area contributed by atoms with Crippen LogP contribution < -0.4 is 10.6 Å². The van der Waals surface area contributed by atoms with Crippen molar-refractivity contribution in [3.05, 3.63) is 11.9 Å². The summed E-state index contributed by atoms with van der Waals surface area (Å²) in [6.45, 7) is 1.94. The molecule has 110 valence electrons. The van der Waals surface area contributed by atoms with Gasteiger partial charge in [-0.2, -0.15) is 0 Å². The van der Waals surface area contributed by atoms with Crippen LogP contribution in [-0.2, 0) is 27.4 Å². The summed E-state index contributed by atoms with van der Waals surface area (Å²) >= 11 is 0. The van der Waals surface area contributed by atoms with Crippen molar-refractivity contribution in [1.29, 1.82) is 0 Å². The summed E-state index contributed by atoms with van der Waals surface area (Å²) in [6, 6.07) is 0.0337. The summed E-state index contributed by atoms with van der Waals surface area (Å²) in [4.78, 5) is 22.2. The van der Waals surface area contributed by atoms with E-state index in [4.69, 9.17) is 9.84 Å². The lowest BCUT2D eigenvalue weighted by atomic mass is 10.2. The average molecular weight is 283 g/mol. The fourth-order valence-electron chi connectivity index (χ4n) is 1.87. The molecule has 1 atom stereocenters. The Hall–Kier alpha value is -2.00. The number of carboxylic acids is 1. The molecule has 1 fully saturated rings. The minimum absolute atomic E-state index is 0.0337. The Bertz CT molecular complexity index is 469. The molecule has 2 rings (SSSR count). The maximum Gasteiger partial charge on any atom is 0.325 e. The zero-order valence-corrected chi connectivity index (χ0v) is 10.9. The number of amides is 1. The molecule has 9 heteroatoms. The Morgan fingerprint density at radius 1 is 1.60 bits per heavy atom. The van der Waals surface area contributed by atoms with E-state index < -0.39 is 5.97 Å². The highest BCUT2D eigenvalue weighted by atomic mass is 16.5. The largest absolute Gasteiger partial charge is 0.480 e. The quantitative estimate of drug-likeness (QED) is 0.573. The van der Waals surface area contributed by atoms with Crippen LogP contribution in [0.3, 0.4) is 0 Å². The summed E-state index contributed by atoms with van der Waals surface area (Å²) in [5.74, 6) is -1.10. The number of carbonyl (C=O) groups is 2. The molecule has 1 unspecified atom stereocenters. The Morgan fingerprint density at radius 3 is 3.15 bits per heavy atom. The predicted octanol–water partition coefficient (Wildman–Crippen LogP) is -1.64. The standard InChI is InChI=1S/C11H17N5O4/c17-10(3-8-7-20-2-1-12-8)13-4-9-5-16(15-14-9)6-11(18)19/h5,8,12H,1-4,6-7H2,(H,13,17)(H,18,19). The third kappa shape index (κ3) is 4.59. The van der Waals surface area contributed by atoms with Gasteiger partial charge < -0.3 is 20.5 Å². The first-order chi connectivity index (χ1) is 9.63. The molecule has 0 aromatic carbocycles. The molecule has 0 bridgehead atoms. The van der Waals surface area contributed by atoms with Gasteiger partial charge in [0.15, 0.2) is 0 Å². The van der Waals surface area contributed by atoms with E-state index in [1.165, 1.54) is 10.9 Å². The van der Waals surface area contributed by atoms with Crippen molar-refractivity contribution in [2.75, 3.05) is 19.8 Å². The van der Waals surface area contributed by atoms with Crippen LogP contribution in [0.1, 0.15) is 12.1 Å². The summed E-state index contributed by atoms with van der Waals surface area (Å²) in [5, 5.41) is 21.9. The van der Waals surface area contributed by atoms with Gasteiger partial charge in [0.05, 0.1) is 26.0 Å². The molecule has 1 aliphatic rings. The summed E-state index contributed by atoms with van der Waals surface area (Å²) < 4.78 is 6.47. The third-order valence-electron chi connectivity index (χ3n) is 2.78. The Labute approximate surface area is 115 Å². The Kier molecular flexibility index (Phi) is 5.02. The lowest BCUT2D eigenvalue weighted by Gasteiger charge is -2.23. The highest BCUT2D eigenvalue weighted by Crippen LogP contribution is 1.99. The maximum atomic E-state index is 11.7. The second-order valence-electron chi connectivity index (χ2n) is 4.51. The predicted molar refractivity (Wildman–Crippen MR) is 66.7 cm³/mol. The van der Waals surface area contributed by atoms with Crippen molar-refractivity contribution in [2.45, 2.75) is 25.6 Å². The van der Waals surface area contributed by atoms with E-state index >= 15 is 0 Å². The van der Waals surface area contributed by atoms with Crippen LogP contribution in [0.25, 0.3) is 0 Å². The Balaban J connectivity index is 1.72. The molecule has 1 aliphatic heterocycles. The molecule has 9 nitrogen and oxygen atoms in total. The zero-order valence-electron chi connectivity index (χ0n) is 10.9. The molecule has 2 heterocycles. The van der Waals surface area contributed by atoms with Gasteiger partial charge in [0.2, 0.25) is 5.91 Å². The number of aromatic nitrogens is 3. The van der Waals surface area contributed by atoms with E-state index in [2.05, 4.69) is 20.9 Å². The summed E-state index contributed by atoms with van der Waals surface area (Å²) in [5.41, 5.74) is 0.521. The second kappa shape index (κ2) is 6.96. The number of ether oxygens (including phenoxy) is 1.